The average molecular weight is 417 g/mol. The van der Waals surface area contributed by atoms with Crippen LogP contribution in [0.3, 0.4) is 0 Å². The van der Waals surface area contributed by atoms with Gasteiger partial charge in [0.15, 0.2) is 0 Å². The lowest BCUT2D eigenvalue weighted by atomic mass is 9.98. The molecule has 0 bridgehead atoms. The van der Waals surface area contributed by atoms with Gasteiger partial charge in [-0.2, -0.15) is 0 Å². The van der Waals surface area contributed by atoms with E-state index >= 15 is 0 Å². The van der Waals surface area contributed by atoms with E-state index in [2.05, 4.69) is 48.7 Å². The molecule has 160 valence electrons. The number of nitrogens with zero attached hydrogens (tertiary/aromatic N) is 2. The normalized spacial score (nSPS) is 10.8. The van der Waals surface area contributed by atoms with Crippen molar-refractivity contribution in [2.24, 2.45) is 0 Å². The second kappa shape index (κ2) is 9.58. The zero-order chi connectivity index (χ0) is 21.1. The molecule has 5 heteroatoms. The van der Waals surface area contributed by atoms with E-state index in [0.717, 1.165) is 48.3 Å². The fourth-order valence-corrected chi connectivity index (χ4v) is 4.00. The van der Waals surface area contributed by atoms with Gasteiger partial charge in [0.2, 0.25) is 0 Å². The number of carbonyl (C=O) groups is 1. The van der Waals surface area contributed by atoms with Gasteiger partial charge in [0.25, 0.3) is 0 Å². The fourth-order valence-electron chi connectivity index (χ4n) is 4.00. The molecule has 0 saturated carbocycles. The number of fused-ring (bicyclic) bond motifs is 1. The zero-order valence-corrected chi connectivity index (χ0v) is 17.9. The molecule has 0 radical (unpaired) electrons. The van der Waals surface area contributed by atoms with Crippen LogP contribution in [0.15, 0.2) is 66.7 Å². The molecule has 0 fully saturated rings. The third-order valence-electron chi connectivity index (χ3n) is 5.56. The van der Waals surface area contributed by atoms with Gasteiger partial charge in [-0.05, 0) is 47.7 Å². The lowest BCUT2D eigenvalue weighted by molar-refractivity contribution is 0.0697. The van der Waals surface area contributed by atoms with Crippen molar-refractivity contribution in [3.8, 4) is 11.1 Å². The third kappa shape index (κ3) is 4.52. The molecular formula is C26H28N2O3. The summed E-state index contributed by atoms with van der Waals surface area (Å²) in [5.41, 5.74) is 6.63. The molecule has 0 amide bonds. The summed E-state index contributed by atoms with van der Waals surface area (Å²) in [6, 6.07) is 21.6. The van der Waals surface area contributed by atoms with E-state index in [9.17, 15) is 9.90 Å². The van der Waals surface area contributed by atoms with E-state index in [1.54, 1.807) is 12.1 Å². The minimum Gasteiger partial charge on any atom is -0.478 e. The SMILES string of the molecule is CCCCc1nc2cccc(C)c2n1Cc1ccc(-c2ccccc2C(=O)O)cc1.O. The number of carboxylic acid groups (broad SMARTS) is 1. The molecule has 0 saturated heterocycles. The van der Waals surface area contributed by atoms with Gasteiger partial charge in [0.1, 0.15) is 5.82 Å². The van der Waals surface area contributed by atoms with E-state index in [0.29, 0.717) is 5.56 Å². The Kier molecular flexibility index (Phi) is 6.88. The maximum absolute atomic E-state index is 11.5. The summed E-state index contributed by atoms with van der Waals surface area (Å²) < 4.78 is 2.33. The van der Waals surface area contributed by atoms with Crippen molar-refractivity contribution >= 4 is 17.0 Å². The Morgan fingerprint density at radius 2 is 1.74 bits per heavy atom. The maximum atomic E-state index is 11.5. The Labute approximate surface area is 182 Å². The second-order valence-corrected chi connectivity index (χ2v) is 7.71. The Balaban J connectivity index is 0.00000272. The Morgan fingerprint density at radius 3 is 2.45 bits per heavy atom. The molecule has 1 heterocycles. The summed E-state index contributed by atoms with van der Waals surface area (Å²) in [6.07, 6.45) is 3.22. The van der Waals surface area contributed by atoms with Crippen LogP contribution in [0.1, 0.15) is 47.1 Å². The molecule has 4 rings (SSSR count). The minimum absolute atomic E-state index is 0. The number of aryl methyl sites for hydroxylation is 2. The van der Waals surface area contributed by atoms with Crippen molar-refractivity contribution < 1.29 is 15.4 Å². The average Bonchev–Trinajstić information content (AvgIpc) is 3.11. The van der Waals surface area contributed by atoms with Gasteiger partial charge < -0.3 is 15.1 Å². The van der Waals surface area contributed by atoms with Crippen LogP contribution in [0.5, 0.6) is 0 Å². The van der Waals surface area contributed by atoms with Gasteiger partial charge in [-0.3, -0.25) is 0 Å². The number of benzene rings is 3. The standard InChI is InChI=1S/C26H26N2O2.H2O/c1-3-4-12-24-27-23-11-7-8-18(2)25(23)28(24)17-19-13-15-20(16-14-19)21-9-5-6-10-22(21)26(29)30;/h5-11,13-16H,3-4,12,17H2,1-2H3,(H,29,30);1H2. The smallest absolute Gasteiger partial charge is 0.336 e. The molecule has 5 nitrogen and oxygen atoms in total. The van der Waals surface area contributed by atoms with E-state index in [1.165, 1.54) is 16.6 Å². The summed E-state index contributed by atoms with van der Waals surface area (Å²) >= 11 is 0. The molecule has 0 spiro atoms. The first-order valence-corrected chi connectivity index (χ1v) is 10.4. The van der Waals surface area contributed by atoms with Crippen LogP contribution in [-0.4, -0.2) is 26.1 Å². The molecule has 31 heavy (non-hydrogen) atoms. The first-order valence-electron chi connectivity index (χ1n) is 10.4. The summed E-state index contributed by atoms with van der Waals surface area (Å²) in [5, 5.41) is 9.47. The number of carboxylic acids is 1. The Morgan fingerprint density at radius 1 is 1.00 bits per heavy atom. The highest BCUT2D eigenvalue weighted by atomic mass is 16.4. The number of hydrogen-bond donors (Lipinski definition) is 1. The van der Waals surface area contributed by atoms with E-state index in [4.69, 9.17) is 4.98 Å². The molecule has 0 atom stereocenters. The number of unbranched alkanes of at least 4 members (excludes halogenated alkanes) is 1. The number of aromatic carboxylic acids is 1. The van der Waals surface area contributed by atoms with E-state index < -0.39 is 5.97 Å². The number of imidazole rings is 1. The van der Waals surface area contributed by atoms with Crippen LogP contribution >= 0.6 is 0 Å². The first kappa shape index (κ1) is 22.2. The van der Waals surface area contributed by atoms with Crippen molar-refractivity contribution in [1.29, 1.82) is 0 Å². The monoisotopic (exact) mass is 416 g/mol. The molecule has 0 unspecified atom stereocenters. The van der Waals surface area contributed by atoms with Gasteiger partial charge in [0, 0.05) is 13.0 Å². The van der Waals surface area contributed by atoms with E-state index in [-0.39, 0.29) is 5.48 Å². The quantitative estimate of drug-likeness (QED) is 0.445. The van der Waals surface area contributed by atoms with E-state index in [1.807, 2.05) is 24.3 Å². The topological polar surface area (TPSA) is 86.6 Å². The minimum atomic E-state index is -0.907. The number of para-hydroxylation sites is 1. The number of hydrogen-bond acceptors (Lipinski definition) is 2. The lowest BCUT2D eigenvalue weighted by Crippen LogP contribution is -2.06. The molecule has 1 aromatic heterocycles. The number of aromatic nitrogens is 2. The predicted molar refractivity (Wildman–Crippen MR) is 125 cm³/mol. The van der Waals surface area contributed by atoms with Gasteiger partial charge >= 0.3 is 5.97 Å². The molecular weight excluding hydrogens is 388 g/mol. The van der Waals surface area contributed by atoms with Crippen molar-refractivity contribution in [3.63, 3.8) is 0 Å². The number of rotatable bonds is 7. The van der Waals surface area contributed by atoms with Crippen LogP contribution in [0.4, 0.5) is 0 Å². The first-order chi connectivity index (χ1) is 14.6. The van der Waals surface area contributed by atoms with Crippen molar-refractivity contribution in [3.05, 3.63) is 89.2 Å². The van der Waals surface area contributed by atoms with Crippen LogP contribution in [0.2, 0.25) is 0 Å². The van der Waals surface area contributed by atoms with Crippen LogP contribution < -0.4 is 0 Å². The van der Waals surface area contributed by atoms with Gasteiger partial charge in [-0.1, -0.05) is 67.9 Å². The largest absolute Gasteiger partial charge is 0.478 e. The van der Waals surface area contributed by atoms with Gasteiger partial charge in [0.05, 0.1) is 16.6 Å². The molecule has 0 aliphatic rings. The summed E-state index contributed by atoms with van der Waals surface area (Å²) in [5.74, 6) is 0.219. The fraction of sp³-hybridized carbons (Fsp3) is 0.231. The predicted octanol–water partition coefficient (Wildman–Crippen LogP) is 5.28. The van der Waals surface area contributed by atoms with Crippen LogP contribution in [-0.2, 0) is 13.0 Å². The second-order valence-electron chi connectivity index (χ2n) is 7.71. The maximum Gasteiger partial charge on any atom is 0.336 e. The van der Waals surface area contributed by atoms with Gasteiger partial charge in [-0.15, -0.1) is 0 Å². The summed E-state index contributed by atoms with van der Waals surface area (Å²) in [6.45, 7) is 5.09. The van der Waals surface area contributed by atoms with Crippen molar-refractivity contribution in [2.75, 3.05) is 0 Å². The van der Waals surface area contributed by atoms with Crippen LogP contribution in [0.25, 0.3) is 22.2 Å². The highest BCUT2D eigenvalue weighted by Crippen LogP contribution is 2.26. The molecule has 4 aromatic rings. The van der Waals surface area contributed by atoms with Crippen molar-refractivity contribution in [2.45, 2.75) is 39.7 Å². The Hall–Kier alpha value is -3.44. The van der Waals surface area contributed by atoms with Crippen LogP contribution in [0, 0.1) is 6.92 Å². The lowest BCUT2D eigenvalue weighted by Gasteiger charge is -2.12. The highest BCUT2D eigenvalue weighted by molar-refractivity contribution is 5.96. The molecule has 0 aliphatic heterocycles. The summed E-state index contributed by atoms with van der Waals surface area (Å²) in [7, 11) is 0. The highest BCUT2D eigenvalue weighted by Gasteiger charge is 2.14. The van der Waals surface area contributed by atoms with Gasteiger partial charge in [-0.25, -0.2) is 9.78 Å². The molecule has 3 N–H and O–H groups in total. The zero-order valence-electron chi connectivity index (χ0n) is 17.9. The Bertz CT molecular complexity index is 1190. The van der Waals surface area contributed by atoms with Crippen molar-refractivity contribution in [1.82, 2.24) is 9.55 Å². The molecule has 0 aliphatic carbocycles. The third-order valence-corrected chi connectivity index (χ3v) is 5.56. The summed E-state index contributed by atoms with van der Waals surface area (Å²) in [4.78, 5) is 16.4. The molecule has 3 aromatic carbocycles.